The Balaban J connectivity index is 2.14. The summed E-state index contributed by atoms with van der Waals surface area (Å²) in [5.74, 6) is -0.681. The SMILES string of the molecule is CCCNc1ccccc1C(=O)NC1(C(F)(F)F)CC1. The van der Waals surface area contributed by atoms with Gasteiger partial charge in [-0.05, 0) is 31.4 Å². The maximum atomic E-state index is 12.8. The molecule has 1 saturated carbocycles. The molecule has 20 heavy (non-hydrogen) atoms. The normalized spacial score (nSPS) is 16.6. The fourth-order valence-corrected chi connectivity index (χ4v) is 1.98. The number of carbonyl (C=O) groups is 1. The predicted octanol–water partition coefficient (Wildman–Crippen LogP) is 3.33. The van der Waals surface area contributed by atoms with Crippen molar-refractivity contribution in [2.75, 3.05) is 11.9 Å². The lowest BCUT2D eigenvalue weighted by Gasteiger charge is -2.21. The van der Waals surface area contributed by atoms with Crippen LogP contribution in [0.3, 0.4) is 0 Å². The van der Waals surface area contributed by atoms with Gasteiger partial charge in [0.2, 0.25) is 0 Å². The summed E-state index contributed by atoms with van der Waals surface area (Å²) < 4.78 is 38.5. The van der Waals surface area contributed by atoms with Crippen molar-refractivity contribution in [1.29, 1.82) is 0 Å². The van der Waals surface area contributed by atoms with Crippen LogP contribution < -0.4 is 10.6 Å². The van der Waals surface area contributed by atoms with Gasteiger partial charge in [0.15, 0.2) is 0 Å². The van der Waals surface area contributed by atoms with Crippen LogP contribution in [-0.2, 0) is 0 Å². The highest BCUT2D eigenvalue weighted by molar-refractivity contribution is 6.00. The molecule has 0 aliphatic heterocycles. The van der Waals surface area contributed by atoms with Gasteiger partial charge in [-0.1, -0.05) is 19.1 Å². The van der Waals surface area contributed by atoms with Crippen molar-refractivity contribution in [3.63, 3.8) is 0 Å². The zero-order valence-electron chi connectivity index (χ0n) is 11.2. The summed E-state index contributed by atoms with van der Waals surface area (Å²) in [7, 11) is 0. The summed E-state index contributed by atoms with van der Waals surface area (Å²) in [5.41, 5.74) is -1.22. The van der Waals surface area contributed by atoms with Crippen LogP contribution in [0.1, 0.15) is 36.5 Å². The summed E-state index contributed by atoms with van der Waals surface area (Å²) in [6.07, 6.45) is -3.63. The monoisotopic (exact) mass is 286 g/mol. The van der Waals surface area contributed by atoms with Crippen LogP contribution in [-0.4, -0.2) is 24.2 Å². The molecule has 0 atom stereocenters. The largest absolute Gasteiger partial charge is 0.411 e. The van der Waals surface area contributed by atoms with Crippen LogP contribution in [0.2, 0.25) is 0 Å². The Labute approximate surface area is 115 Å². The van der Waals surface area contributed by atoms with Crippen molar-refractivity contribution in [3.8, 4) is 0 Å². The average molecular weight is 286 g/mol. The molecular formula is C14H17F3N2O. The van der Waals surface area contributed by atoms with E-state index in [9.17, 15) is 18.0 Å². The lowest BCUT2D eigenvalue weighted by Crippen LogP contribution is -2.48. The van der Waals surface area contributed by atoms with Crippen molar-refractivity contribution < 1.29 is 18.0 Å². The van der Waals surface area contributed by atoms with E-state index in [0.29, 0.717) is 12.2 Å². The number of hydrogen-bond donors (Lipinski definition) is 2. The van der Waals surface area contributed by atoms with Gasteiger partial charge in [0, 0.05) is 12.2 Å². The van der Waals surface area contributed by atoms with Crippen LogP contribution in [0, 0.1) is 0 Å². The van der Waals surface area contributed by atoms with Crippen molar-refractivity contribution in [2.45, 2.75) is 37.9 Å². The Morgan fingerprint density at radius 1 is 1.30 bits per heavy atom. The first-order valence-electron chi connectivity index (χ1n) is 6.62. The fraction of sp³-hybridized carbons (Fsp3) is 0.500. The number of para-hydroxylation sites is 1. The van der Waals surface area contributed by atoms with E-state index >= 15 is 0 Å². The molecule has 1 aromatic rings. The molecule has 0 heterocycles. The topological polar surface area (TPSA) is 41.1 Å². The van der Waals surface area contributed by atoms with Crippen molar-refractivity contribution >= 4 is 11.6 Å². The number of hydrogen-bond acceptors (Lipinski definition) is 2. The molecule has 1 aromatic carbocycles. The molecule has 1 aliphatic rings. The van der Waals surface area contributed by atoms with E-state index in [0.717, 1.165) is 6.42 Å². The highest BCUT2D eigenvalue weighted by Crippen LogP contribution is 2.49. The van der Waals surface area contributed by atoms with Crippen LogP contribution in [0.15, 0.2) is 24.3 Å². The van der Waals surface area contributed by atoms with Gasteiger partial charge in [-0.15, -0.1) is 0 Å². The standard InChI is InChI=1S/C14H17F3N2O/c1-2-9-18-11-6-4-3-5-10(11)12(20)19-13(7-8-13)14(15,16)17/h3-6,18H,2,7-9H2,1H3,(H,19,20). The van der Waals surface area contributed by atoms with Crippen LogP contribution >= 0.6 is 0 Å². The molecule has 1 fully saturated rings. The lowest BCUT2D eigenvalue weighted by atomic mass is 10.1. The van der Waals surface area contributed by atoms with E-state index in [2.05, 4.69) is 10.6 Å². The van der Waals surface area contributed by atoms with Gasteiger partial charge in [0.1, 0.15) is 5.54 Å². The van der Waals surface area contributed by atoms with Crippen molar-refractivity contribution in [2.24, 2.45) is 0 Å². The third kappa shape index (κ3) is 2.89. The molecule has 0 radical (unpaired) electrons. The average Bonchev–Trinajstić information content (AvgIpc) is 3.17. The van der Waals surface area contributed by atoms with Gasteiger partial charge in [-0.3, -0.25) is 4.79 Å². The molecule has 6 heteroatoms. The van der Waals surface area contributed by atoms with E-state index < -0.39 is 17.6 Å². The minimum atomic E-state index is -4.39. The zero-order chi connectivity index (χ0) is 14.8. The smallest absolute Gasteiger partial charge is 0.384 e. The van der Waals surface area contributed by atoms with Crippen LogP contribution in [0.4, 0.5) is 18.9 Å². The Morgan fingerprint density at radius 2 is 1.95 bits per heavy atom. The number of amides is 1. The van der Waals surface area contributed by atoms with E-state index in [1.165, 1.54) is 6.07 Å². The second-order valence-electron chi connectivity index (χ2n) is 5.01. The molecular weight excluding hydrogens is 269 g/mol. The number of benzene rings is 1. The molecule has 110 valence electrons. The quantitative estimate of drug-likeness (QED) is 0.871. The fourth-order valence-electron chi connectivity index (χ4n) is 1.98. The number of carbonyl (C=O) groups excluding carboxylic acids is 1. The molecule has 0 aromatic heterocycles. The second-order valence-corrected chi connectivity index (χ2v) is 5.01. The third-order valence-electron chi connectivity index (χ3n) is 3.38. The molecule has 0 bridgehead atoms. The maximum Gasteiger partial charge on any atom is 0.411 e. The number of anilines is 1. The van der Waals surface area contributed by atoms with E-state index in [4.69, 9.17) is 0 Å². The third-order valence-corrected chi connectivity index (χ3v) is 3.38. The molecule has 1 aliphatic carbocycles. The van der Waals surface area contributed by atoms with Crippen LogP contribution in [0.25, 0.3) is 0 Å². The summed E-state index contributed by atoms with van der Waals surface area (Å²) in [4.78, 5) is 12.1. The first-order chi connectivity index (χ1) is 9.39. The summed E-state index contributed by atoms with van der Waals surface area (Å²) in [6.45, 7) is 2.63. The molecule has 0 saturated heterocycles. The van der Waals surface area contributed by atoms with Crippen molar-refractivity contribution in [3.05, 3.63) is 29.8 Å². The molecule has 0 spiro atoms. The summed E-state index contributed by atoms with van der Waals surface area (Å²) in [5, 5.41) is 5.18. The maximum absolute atomic E-state index is 12.8. The Kier molecular flexibility index (Phi) is 3.92. The summed E-state index contributed by atoms with van der Waals surface area (Å²) in [6, 6.07) is 6.60. The van der Waals surface area contributed by atoms with Gasteiger partial charge in [-0.2, -0.15) is 13.2 Å². The minimum Gasteiger partial charge on any atom is -0.384 e. The first-order valence-corrected chi connectivity index (χ1v) is 6.62. The molecule has 0 unspecified atom stereocenters. The highest BCUT2D eigenvalue weighted by atomic mass is 19.4. The molecule has 3 nitrogen and oxygen atoms in total. The van der Waals surface area contributed by atoms with Gasteiger partial charge >= 0.3 is 6.18 Å². The van der Waals surface area contributed by atoms with Gasteiger partial charge in [0.05, 0.1) is 5.56 Å². The molecule has 2 rings (SSSR count). The number of rotatable bonds is 5. The minimum absolute atomic E-state index is 0.0488. The highest BCUT2D eigenvalue weighted by Gasteiger charge is 2.64. The lowest BCUT2D eigenvalue weighted by molar-refractivity contribution is -0.163. The Hall–Kier alpha value is -1.72. The zero-order valence-corrected chi connectivity index (χ0v) is 11.2. The Morgan fingerprint density at radius 3 is 2.50 bits per heavy atom. The Bertz CT molecular complexity index is 495. The number of halogens is 3. The van der Waals surface area contributed by atoms with E-state index in [-0.39, 0.29) is 18.4 Å². The van der Waals surface area contributed by atoms with Crippen molar-refractivity contribution in [1.82, 2.24) is 5.32 Å². The second kappa shape index (κ2) is 5.34. The number of nitrogens with one attached hydrogen (secondary N) is 2. The molecule has 1 amide bonds. The number of alkyl halides is 3. The molecule has 2 N–H and O–H groups in total. The van der Waals surface area contributed by atoms with Crippen LogP contribution in [0.5, 0.6) is 0 Å². The predicted molar refractivity (Wildman–Crippen MR) is 70.7 cm³/mol. The first kappa shape index (κ1) is 14.7. The van der Waals surface area contributed by atoms with Gasteiger partial charge in [-0.25, -0.2) is 0 Å². The van der Waals surface area contributed by atoms with E-state index in [1.807, 2.05) is 6.92 Å². The van der Waals surface area contributed by atoms with Gasteiger partial charge in [0.25, 0.3) is 5.91 Å². The van der Waals surface area contributed by atoms with E-state index in [1.54, 1.807) is 18.2 Å². The summed E-state index contributed by atoms with van der Waals surface area (Å²) >= 11 is 0. The van der Waals surface area contributed by atoms with Gasteiger partial charge < -0.3 is 10.6 Å².